The predicted molar refractivity (Wildman–Crippen MR) is 43.8 cm³/mol. The summed E-state index contributed by atoms with van der Waals surface area (Å²) in [7, 11) is 1.99. The van der Waals surface area contributed by atoms with Crippen molar-refractivity contribution >= 4 is 0 Å². The molecule has 0 bridgehead atoms. The highest BCUT2D eigenvalue weighted by molar-refractivity contribution is 4.78. The summed E-state index contributed by atoms with van der Waals surface area (Å²) in [6, 6.07) is 0.769. The van der Waals surface area contributed by atoms with Gasteiger partial charge in [-0.05, 0) is 20.0 Å². The van der Waals surface area contributed by atoms with Gasteiger partial charge in [-0.3, -0.25) is 0 Å². The lowest BCUT2D eigenvalue weighted by molar-refractivity contribution is 0.362. The van der Waals surface area contributed by atoms with E-state index in [1.54, 1.807) is 0 Å². The van der Waals surface area contributed by atoms with Gasteiger partial charge in [0.15, 0.2) is 0 Å². The summed E-state index contributed by atoms with van der Waals surface area (Å²) in [6.07, 6.45) is 1.35. The molecule has 0 saturated carbocycles. The van der Waals surface area contributed by atoms with Crippen molar-refractivity contribution in [2.75, 3.05) is 20.1 Å². The summed E-state index contributed by atoms with van der Waals surface area (Å²) < 4.78 is 0. The third-order valence-electron chi connectivity index (χ3n) is 1.38. The molecule has 1 saturated heterocycles. The molecule has 2 heteroatoms. The maximum atomic E-state index is 3.28. The van der Waals surface area contributed by atoms with Crippen LogP contribution >= 0.6 is 0 Å². The summed E-state index contributed by atoms with van der Waals surface area (Å²) in [4.78, 5) is 0. The topological polar surface area (TPSA) is 24.1 Å². The summed E-state index contributed by atoms with van der Waals surface area (Å²) >= 11 is 0. The van der Waals surface area contributed by atoms with Gasteiger partial charge in [-0.25, -0.2) is 0 Å². The Balaban J connectivity index is 0. The Labute approximate surface area is 59.5 Å². The van der Waals surface area contributed by atoms with Gasteiger partial charge in [0, 0.05) is 14.0 Å². The van der Waals surface area contributed by atoms with E-state index in [9.17, 15) is 0 Å². The summed E-state index contributed by atoms with van der Waals surface area (Å²) in [5, 5.41) is 6.39. The zero-order valence-electron chi connectivity index (χ0n) is 6.70. The molecule has 0 spiro atoms. The first-order valence-electron chi connectivity index (χ1n) is 3.81. The van der Waals surface area contributed by atoms with Crippen molar-refractivity contribution in [3.63, 3.8) is 0 Å². The Morgan fingerprint density at radius 1 is 1.67 bits per heavy atom. The van der Waals surface area contributed by atoms with E-state index in [0.29, 0.717) is 0 Å². The van der Waals surface area contributed by atoms with Crippen LogP contribution in [0.15, 0.2) is 0 Å². The summed E-state index contributed by atoms with van der Waals surface area (Å²) in [5.41, 5.74) is 0. The normalized spacial score (nSPS) is 23.7. The van der Waals surface area contributed by atoms with Crippen molar-refractivity contribution < 1.29 is 1.43 Å². The second-order valence-corrected chi connectivity index (χ2v) is 2.00. The molecule has 1 fully saturated rings. The maximum Gasteiger partial charge on any atom is 0.0204 e. The minimum Gasteiger partial charge on any atom is -0.318 e. The fourth-order valence-electron chi connectivity index (χ4n) is 0.769. The van der Waals surface area contributed by atoms with E-state index in [-0.39, 0.29) is 1.43 Å². The number of hydrogen-bond donors (Lipinski definition) is 2. The van der Waals surface area contributed by atoms with Crippen LogP contribution in [0, 0.1) is 0 Å². The number of hydrogen-bond acceptors (Lipinski definition) is 2. The van der Waals surface area contributed by atoms with Gasteiger partial charge in [-0.15, -0.1) is 0 Å². The molecule has 1 aliphatic heterocycles. The first-order chi connectivity index (χ1) is 4.43. The first kappa shape index (κ1) is 8.92. The predicted octanol–water partition coefficient (Wildman–Crippen LogP) is 0.840. The molecule has 0 aromatic heterocycles. The zero-order valence-corrected chi connectivity index (χ0v) is 6.70. The van der Waals surface area contributed by atoms with Gasteiger partial charge in [-0.1, -0.05) is 13.8 Å². The molecule has 0 amide bonds. The zero-order chi connectivity index (χ0) is 7.11. The molecule has 58 valence electrons. The van der Waals surface area contributed by atoms with Gasteiger partial charge in [-0.2, -0.15) is 0 Å². The molecule has 0 aliphatic carbocycles. The lowest BCUT2D eigenvalue weighted by Gasteiger charge is -2.26. The number of rotatable bonds is 2. The van der Waals surface area contributed by atoms with E-state index in [2.05, 4.69) is 10.6 Å². The summed E-state index contributed by atoms with van der Waals surface area (Å²) in [6.45, 7) is 6.34. The van der Waals surface area contributed by atoms with Gasteiger partial charge in [0.2, 0.25) is 0 Å². The molecule has 0 radical (unpaired) electrons. The van der Waals surface area contributed by atoms with Crippen LogP contribution < -0.4 is 10.6 Å². The number of nitrogens with one attached hydrogen (secondary N) is 2. The molecule has 9 heavy (non-hydrogen) atoms. The fourth-order valence-corrected chi connectivity index (χ4v) is 0.769. The van der Waals surface area contributed by atoms with E-state index in [1.165, 1.54) is 13.0 Å². The van der Waals surface area contributed by atoms with Crippen molar-refractivity contribution in [1.82, 2.24) is 10.6 Å². The Morgan fingerprint density at radius 2 is 2.22 bits per heavy atom. The Hall–Kier alpha value is -0.0800. The van der Waals surface area contributed by atoms with Crippen molar-refractivity contribution in [2.45, 2.75) is 26.3 Å². The average Bonchev–Trinajstić information content (AvgIpc) is 1.84. The van der Waals surface area contributed by atoms with Crippen LogP contribution in [0.4, 0.5) is 0 Å². The molecule has 2 N–H and O–H groups in total. The molecule has 1 rings (SSSR count). The Kier molecular flexibility index (Phi) is 5.99. The standard InChI is InChI=1S/C5H12N2.C2H6.H2/c1-6-4-5-2-3-7-5;1-2;/h5-7H,2-4H2,1H3;1-2H3;1H. The van der Waals surface area contributed by atoms with Crippen LogP contribution in [0.3, 0.4) is 0 Å². The first-order valence-corrected chi connectivity index (χ1v) is 3.81. The third-order valence-corrected chi connectivity index (χ3v) is 1.38. The van der Waals surface area contributed by atoms with Crippen LogP contribution in [-0.2, 0) is 0 Å². The fraction of sp³-hybridized carbons (Fsp3) is 1.00. The SMILES string of the molecule is CC.CNCC1CCN1.[HH]. The van der Waals surface area contributed by atoms with Gasteiger partial charge < -0.3 is 10.6 Å². The quantitative estimate of drug-likeness (QED) is 0.582. The average molecular weight is 132 g/mol. The Bertz CT molecular complexity index is 55.6. The molecule has 1 atom stereocenters. The Morgan fingerprint density at radius 3 is 2.33 bits per heavy atom. The van der Waals surface area contributed by atoms with E-state index in [4.69, 9.17) is 0 Å². The lowest BCUT2D eigenvalue weighted by atomic mass is 10.1. The molecule has 1 unspecified atom stereocenters. The minimum absolute atomic E-state index is 0. The molecule has 0 aromatic rings. The van der Waals surface area contributed by atoms with Crippen molar-refractivity contribution in [2.24, 2.45) is 0 Å². The summed E-state index contributed by atoms with van der Waals surface area (Å²) in [5.74, 6) is 0. The van der Waals surface area contributed by atoms with Crippen LogP contribution in [0.2, 0.25) is 0 Å². The van der Waals surface area contributed by atoms with Gasteiger partial charge >= 0.3 is 0 Å². The van der Waals surface area contributed by atoms with Crippen molar-refractivity contribution in [3.8, 4) is 0 Å². The molecule has 2 nitrogen and oxygen atoms in total. The van der Waals surface area contributed by atoms with Crippen molar-refractivity contribution in [3.05, 3.63) is 0 Å². The van der Waals surface area contributed by atoms with E-state index < -0.39 is 0 Å². The second-order valence-electron chi connectivity index (χ2n) is 2.00. The lowest BCUT2D eigenvalue weighted by Crippen LogP contribution is -2.48. The second kappa shape index (κ2) is 6.05. The van der Waals surface area contributed by atoms with Gasteiger partial charge in [0.1, 0.15) is 0 Å². The van der Waals surface area contributed by atoms with E-state index >= 15 is 0 Å². The molecular formula is C7H20N2. The van der Waals surface area contributed by atoms with Crippen LogP contribution in [-0.4, -0.2) is 26.2 Å². The highest BCUT2D eigenvalue weighted by atomic mass is 15.0. The van der Waals surface area contributed by atoms with Crippen molar-refractivity contribution in [1.29, 1.82) is 0 Å². The molecule has 1 aliphatic rings. The third kappa shape index (κ3) is 3.49. The smallest absolute Gasteiger partial charge is 0.0204 e. The largest absolute Gasteiger partial charge is 0.318 e. The van der Waals surface area contributed by atoms with E-state index in [0.717, 1.165) is 12.6 Å². The van der Waals surface area contributed by atoms with Crippen LogP contribution in [0.5, 0.6) is 0 Å². The van der Waals surface area contributed by atoms with Crippen LogP contribution in [0.1, 0.15) is 21.7 Å². The number of likely N-dealkylation sites (N-methyl/N-ethyl adjacent to an activating group) is 1. The van der Waals surface area contributed by atoms with Gasteiger partial charge in [0.25, 0.3) is 0 Å². The maximum absolute atomic E-state index is 3.28. The molecule has 1 heterocycles. The van der Waals surface area contributed by atoms with Gasteiger partial charge in [0.05, 0.1) is 0 Å². The molecule has 0 aromatic carbocycles. The highest BCUT2D eigenvalue weighted by Crippen LogP contribution is 1.97. The monoisotopic (exact) mass is 132 g/mol. The highest BCUT2D eigenvalue weighted by Gasteiger charge is 2.13. The van der Waals surface area contributed by atoms with E-state index in [1.807, 2.05) is 20.9 Å². The van der Waals surface area contributed by atoms with Crippen LogP contribution in [0.25, 0.3) is 0 Å². The molecular weight excluding hydrogens is 112 g/mol. The minimum atomic E-state index is 0.